The summed E-state index contributed by atoms with van der Waals surface area (Å²) in [6, 6.07) is 4.46. The van der Waals surface area contributed by atoms with Gasteiger partial charge >= 0.3 is 17.9 Å². The molecule has 11 heteroatoms. The van der Waals surface area contributed by atoms with E-state index in [0.717, 1.165) is 0 Å². The minimum Gasteiger partial charge on any atom is -0.490 e. The minimum absolute atomic E-state index is 0.0117. The van der Waals surface area contributed by atoms with E-state index in [1.807, 2.05) is 0 Å². The number of carbonyl (C=O) groups is 3. The topological polar surface area (TPSA) is 137 Å². The van der Waals surface area contributed by atoms with Crippen molar-refractivity contribution in [2.45, 2.75) is 27.7 Å². The smallest absolute Gasteiger partial charge is 0.308 e. The van der Waals surface area contributed by atoms with Gasteiger partial charge in [-0.1, -0.05) is 6.08 Å². The molecule has 0 bridgehead atoms. The van der Waals surface area contributed by atoms with Gasteiger partial charge in [-0.25, -0.2) is 0 Å². The maximum absolute atomic E-state index is 13.5. The van der Waals surface area contributed by atoms with Crippen LogP contribution in [0.4, 0.5) is 0 Å². The molecule has 0 spiro atoms. The molecule has 0 saturated heterocycles. The Hall–Kier alpha value is -4.80. The van der Waals surface area contributed by atoms with Crippen molar-refractivity contribution in [2.24, 2.45) is 0 Å². The van der Waals surface area contributed by atoms with E-state index in [0.29, 0.717) is 5.56 Å². The second kappa shape index (κ2) is 11.5. The van der Waals surface area contributed by atoms with Gasteiger partial charge in [0, 0.05) is 32.4 Å². The molecule has 0 fully saturated rings. The van der Waals surface area contributed by atoms with E-state index in [1.165, 1.54) is 73.3 Å². The predicted molar refractivity (Wildman–Crippen MR) is 136 cm³/mol. The molecule has 0 atom stereocenters. The first-order chi connectivity index (χ1) is 18.0. The number of methoxy groups -OCH3 is 3. The van der Waals surface area contributed by atoms with Gasteiger partial charge in [-0.15, -0.1) is 0 Å². The fourth-order valence-corrected chi connectivity index (χ4v) is 3.70. The predicted octanol–water partition coefficient (Wildman–Crippen LogP) is 4.07. The van der Waals surface area contributed by atoms with Gasteiger partial charge < -0.3 is 32.8 Å². The van der Waals surface area contributed by atoms with Crippen molar-refractivity contribution in [1.29, 1.82) is 0 Å². The first kappa shape index (κ1) is 27.8. The van der Waals surface area contributed by atoms with E-state index in [9.17, 15) is 19.2 Å². The SMILES string of the molecule is COc1c(OC)c(OC(C)=O)c2c(=O)c(C)c(C=Cc3cc(OC(C)=O)cc(OC(C)=O)c3)oc2c1OC. The van der Waals surface area contributed by atoms with Crippen LogP contribution in [0.3, 0.4) is 0 Å². The molecule has 38 heavy (non-hydrogen) atoms. The number of fused-ring (bicyclic) bond motifs is 1. The van der Waals surface area contributed by atoms with Crippen LogP contribution in [-0.2, 0) is 14.4 Å². The van der Waals surface area contributed by atoms with Gasteiger partial charge in [0.15, 0.2) is 16.8 Å². The molecule has 0 aliphatic rings. The van der Waals surface area contributed by atoms with Gasteiger partial charge in [0.1, 0.15) is 22.6 Å². The molecule has 3 aromatic rings. The number of hydrogen-bond acceptors (Lipinski definition) is 11. The lowest BCUT2D eigenvalue weighted by Gasteiger charge is -2.18. The number of hydrogen-bond donors (Lipinski definition) is 0. The van der Waals surface area contributed by atoms with Crippen molar-refractivity contribution in [1.82, 2.24) is 0 Å². The second-order valence-corrected chi connectivity index (χ2v) is 7.91. The molecule has 1 heterocycles. The summed E-state index contributed by atoms with van der Waals surface area (Å²) in [5, 5.41) is -0.0710. The molecule has 0 aliphatic carbocycles. The number of benzene rings is 2. The molecule has 200 valence electrons. The molecule has 3 rings (SSSR count). The molecule has 0 N–H and O–H groups in total. The Morgan fingerprint density at radius 3 is 1.68 bits per heavy atom. The standard InChI is InChI=1S/C27H26O11/c1-13-20(9-8-17-10-18(35-14(2)28)12-19(11-17)36-15(3)29)38-24-21(22(13)31)23(37-16(4)30)25(32-5)27(34-7)26(24)33-6/h8-12H,1-7H3. The quantitative estimate of drug-likeness (QED) is 0.310. The van der Waals surface area contributed by atoms with Gasteiger partial charge in [-0.05, 0) is 30.7 Å². The number of carbonyl (C=O) groups excluding carboxylic acids is 3. The summed E-state index contributed by atoms with van der Waals surface area (Å²) in [4.78, 5) is 48.2. The Labute approximate surface area is 217 Å². The van der Waals surface area contributed by atoms with Crippen LogP contribution in [-0.4, -0.2) is 39.2 Å². The second-order valence-electron chi connectivity index (χ2n) is 7.91. The molecule has 0 radical (unpaired) electrons. The average Bonchev–Trinajstić information content (AvgIpc) is 2.83. The summed E-state index contributed by atoms with van der Waals surface area (Å²) in [5.74, 6) is -1.43. The third-order valence-electron chi connectivity index (χ3n) is 5.14. The molecule has 0 unspecified atom stereocenters. The first-order valence-electron chi connectivity index (χ1n) is 11.2. The molecule has 0 aliphatic heterocycles. The fourth-order valence-electron chi connectivity index (χ4n) is 3.70. The summed E-state index contributed by atoms with van der Waals surface area (Å²) in [5.41, 5.74) is 0.122. The largest absolute Gasteiger partial charge is 0.490 e. The third kappa shape index (κ3) is 5.77. The van der Waals surface area contributed by atoms with Crippen LogP contribution in [0.5, 0.6) is 34.5 Å². The highest BCUT2D eigenvalue weighted by Gasteiger charge is 2.29. The van der Waals surface area contributed by atoms with Crippen molar-refractivity contribution in [2.75, 3.05) is 21.3 Å². The maximum atomic E-state index is 13.5. The molecular weight excluding hydrogens is 500 g/mol. The number of esters is 3. The van der Waals surface area contributed by atoms with Crippen molar-refractivity contribution in [3.05, 3.63) is 45.3 Å². The minimum atomic E-state index is -0.686. The highest BCUT2D eigenvalue weighted by Crippen LogP contribution is 2.50. The lowest BCUT2D eigenvalue weighted by atomic mass is 10.1. The molecule has 11 nitrogen and oxygen atoms in total. The van der Waals surface area contributed by atoms with Gasteiger partial charge in [0.25, 0.3) is 0 Å². The average molecular weight is 526 g/mol. The van der Waals surface area contributed by atoms with E-state index in [2.05, 4.69) is 0 Å². The van der Waals surface area contributed by atoms with E-state index in [1.54, 1.807) is 6.08 Å². The van der Waals surface area contributed by atoms with Crippen LogP contribution < -0.4 is 33.8 Å². The van der Waals surface area contributed by atoms with E-state index >= 15 is 0 Å². The summed E-state index contributed by atoms with van der Waals surface area (Å²) in [7, 11) is 4.04. The third-order valence-corrected chi connectivity index (χ3v) is 5.14. The van der Waals surface area contributed by atoms with Gasteiger partial charge in [-0.3, -0.25) is 19.2 Å². The van der Waals surface area contributed by atoms with Crippen LogP contribution >= 0.6 is 0 Å². The normalized spacial score (nSPS) is 10.8. The summed E-state index contributed by atoms with van der Waals surface area (Å²) in [6.07, 6.45) is 3.07. The van der Waals surface area contributed by atoms with Gasteiger partial charge in [-0.2, -0.15) is 0 Å². The Morgan fingerprint density at radius 1 is 0.711 bits per heavy atom. The van der Waals surface area contributed by atoms with E-state index in [-0.39, 0.29) is 56.8 Å². The summed E-state index contributed by atoms with van der Waals surface area (Å²) in [6.45, 7) is 5.19. The van der Waals surface area contributed by atoms with Crippen molar-refractivity contribution in [3.8, 4) is 34.5 Å². The molecular formula is C27H26O11. The van der Waals surface area contributed by atoms with Crippen molar-refractivity contribution < 1.29 is 47.2 Å². The lowest BCUT2D eigenvalue weighted by Crippen LogP contribution is -2.13. The molecule has 1 aromatic heterocycles. The molecule has 2 aromatic carbocycles. The van der Waals surface area contributed by atoms with E-state index in [4.69, 9.17) is 32.8 Å². The van der Waals surface area contributed by atoms with Crippen LogP contribution in [0.15, 0.2) is 27.4 Å². The Bertz CT molecular complexity index is 1480. The zero-order chi connectivity index (χ0) is 28.1. The fraction of sp³-hybridized carbons (Fsp3) is 0.259. The monoisotopic (exact) mass is 526 g/mol. The Morgan fingerprint density at radius 2 is 1.21 bits per heavy atom. The Kier molecular flexibility index (Phi) is 8.41. The van der Waals surface area contributed by atoms with Crippen LogP contribution in [0.25, 0.3) is 23.1 Å². The zero-order valence-electron chi connectivity index (χ0n) is 21.9. The lowest BCUT2D eigenvalue weighted by molar-refractivity contribution is -0.133. The molecule has 0 saturated carbocycles. The van der Waals surface area contributed by atoms with Crippen LogP contribution in [0, 0.1) is 6.92 Å². The maximum Gasteiger partial charge on any atom is 0.308 e. The number of rotatable bonds is 8. The van der Waals surface area contributed by atoms with Crippen LogP contribution in [0.2, 0.25) is 0 Å². The van der Waals surface area contributed by atoms with E-state index < -0.39 is 23.3 Å². The summed E-state index contributed by atoms with van der Waals surface area (Å²) < 4.78 is 37.9. The highest BCUT2D eigenvalue weighted by atomic mass is 16.6. The molecule has 0 amide bonds. The van der Waals surface area contributed by atoms with Crippen molar-refractivity contribution >= 4 is 41.0 Å². The zero-order valence-corrected chi connectivity index (χ0v) is 21.9. The highest BCUT2D eigenvalue weighted by molar-refractivity contribution is 5.97. The van der Waals surface area contributed by atoms with Gasteiger partial charge in [0.05, 0.1) is 21.3 Å². The number of ether oxygens (including phenoxy) is 6. The first-order valence-corrected chi connectivity index (χ1v) is 11.2. The van der Waals surface area contributed by atoms with Crippen molar-refractivity contribution in [3.63, 3.8) is 0 Å². The van der Waals surface area contributed by atoms with Gasteiger partial charge in [0.2, 0.25) is 17.2 Å². The summed E-state index contributed by atoms with van der Waals surface area (Å²) >= 11 is 0. The van der Waals surface area contributed by atoms with Crippen LogP contribution in [0.1, 0.15) is 37.7 Å². The Balaban J connectivity index is 2.27.